The Bertz CT molecular complexity index is 794. The molecule has 0 spiro atoms. The van der Waals surface area contributed by atoms with Gasteiger partial charge < -0.3 is 9.33 Å². The zero-order valence-electron chi connectivity index (χ0n) is 17.1. The van der Waals surface area contributed by atoms with Gasteiger partial charge in [0.15, 0.2) is 8.32 Å². The van der Waals surface area contributed by atoms with Crippen LogP contribution in [0.25, 0.3) is 0 Å². The number of hydrogen-bond acceptors (Lipinski definition) is 3. The number of carbonyl (C=O) groups is 1. The molecule has 1 heterocycles. The van der Waals surface area contributed by atoms with Gasteiger partial charge in [-0.25, -0.2) is 0 Å². The van der Waals surface area contributed by atoms with E-state index in [1.165, 1.54) is 11.0 Å². The average molecular weight is 413 g/mol. The molecule has 1 aliphatic rings. The van der Waals surface area contributed by atoms with E-state index < -0.39 is 25.6 Å². The first-order valence-electron chi connectivity index (χ1n) is 9.34. The van der Waals surface area contributed by atoms with Gasteiger partial charge in [0.05, 0.1) is 35.8 Å². The summed E-state index contributed by atoms with van der Waals surface area (Å²) in [6.07, 6.45) is -4.31. The van der Waals surface area contributed by atoms with Crippen molar-refractivity contribution >= 4 is 19.9 Å². The molecule has 1 aromatic rings. The Hall–Kier alpha value is -1.85. The summed E-state index contributed by atoms with van der Waals surface area (Å²) < 4.78 is 46.4. The molecule has 0 aliphatic carbocycles. The molecule has 2 atom stereocenters. The topological polar surface area (TPSA) is 53.3 Å². The van der Waals surface area contributed by atoms with Gasteiger partial charge in [-0.1, -0.05) is 27.7 Å². The molecular formula is C20H27F3N2O2Si. The number of hydrogen-bond donors (Lipinski definition) is 0. The minimum absolute atomic E-state index is 0.0420. The fraction of sp³-hybridized carbons (Fsp3) is 0.600. The Balaban J connectivity index is 2.42. The van der Waals surface area contributed by atoms with Gasteiger partial charge in [-0.15, -0.1) is 0 Å². The van der Waals surface area contributed by atoms with E-state index >= 15 is 0 Å². The summed E-state index contributed by atoms with van der Waals surface area (Å²) in [6, 6.07) is 4.66. The SMILES string of the molecule is CCC1C(O[Si](C)(C)C(C)(C)C)CC(=O)N1c1ccc(C#N)c(C(F)(F)F)c1. The number of carbonyl (C=O) groups excluding carboxylic acids is 1. The Kier molecular flexibility index (Phi) is 6.03. The molecular weight excluding hydrogens is 385 g/mol. The fourth-order valence-corrected chi connectivity index (χ4v) is 4.58. The molecule has 0 radical (unpaired) electrons. The average Bonchev–Trinajstić information content (AvgIpc) is 2.86. The molecule has 0 aromatic heterocycles. The van der Waals surface area contributed by atoms with Crippen molar-refractivity contribution < 1.29 is 22.4 Å². The van der Waals surface area contributed by atoms with E-state index in [9.17, 15) is 18.0 Å². The largest absolute Gasteiger partial charge is 0.417 e. The number of nitriles is 1. The van der Waals surface area contributed by atoms with E-state index in [-0.39, 0.29) is 35.2 Å². The Morgan fingerprint density at radius 2 is 1.89 bits per heavy atom. The van der Waals surface area contributed by atoms with Crippen LogP contribution in [0.2, 0.25) is 18.1 Å². The number of amides is 1. The third-order valence-electron chi connectivity index (χ3n) is 5.78. The summed E-state index contributed by atoms with van der Waals surface area (Å²) in [4.78, 5) is 14.1. The third kappa shape index (κ3) is 4.25. The highest BCUT2D eigenvalue weighted by atomic mass is 28.4. The van der Waals surface area contributed by atoms with Crippen molar-refractivity contribution in [1.82, 2.24) is 0 Å². The molecule has 1 saturated heterocycles. The van der Waals surface area contributed by atoms with Crippen molar-refractivity contribution in [3.05, 3.63) is 29.3 Å². The highest BCUT2D eigenvalue weighted by Crippen LogP contribution is 2.41. The van der Waals surface area contributed by atoms with Gasteiger partial charge in [0.2, 0.25) is 5.91 Å². The summed E-state index contributed by atoms with van der Waals surface area (Å²) in [7, 11) is -2.15. The van der Waals surface area contributed by atoms with E-state index in [4.69, 9.17) is 9.69 Å². The monoisotopic (exact) mass is 412 g/mol. The number of anilines is 1. The van der Waals surface area contributed by atoms with Gasteiger partial charge in [0.25, 0.3) is 0 Å². The maximum Gasteiger partial charge on any atom is 0.417 e. The Morgan fingerprint density at radius 3 is 2.36 bits per heavy atom. The van der Waals surface area contributed by atoms with Crippen molar-refractivity contribution in [2.75, 3.05) is 4.90 Å². The predicted molar refractivity (Wildman–Crippen MR) is 104 cm³/mol. The standard InChI is InChI=1S/C20H27F3N2O2Si/c1-7-16-17(27-28(5,6)19(2,3)4)11-18(26)25(16)14-9-8-13(12-24)15(10-14)20(21,22)23/h8-10,16-17H,7,11H2,1-6H3. The van der Waals surface area contributed by atoms with Crippen LogP contribution in [-0.2, 0) is 15.4 Å². The summed E-state index contributed by atoms with van der Waals surface area (Å²) in [5.41, 5.74) is -1.32. The Morgan fingerprint density at radius 1 is 1.29 bits per heavy atom. The first-order valence-corrected chi connectivity index (χ1v) is 12.2. The van der Waals surface area contributed by atoms with Crippen LogP contribution >= 0.6 is 0 Å². The van der Waals surface area contributed by atoms with Crippen molar-refractivity contribution in [1.29, 1.82) is 5.26 Å². The van der Waals surface area contributed by atoms with E-state index in [1.54, 1.807) is 6.07 Å². The molecule has 1 fully saturated rings. The molecule has 2 rings (SSSR count). The zero-order valence-corrected chi connectivity index (χ0v) is 18.1. The van der Waals surface area contributed by atoms with Crippen LogP contribution in [0.15, 0.2) is 18.2 Å². The Labute approximate surface area is 165 Å². The third-order valence-corrected chi connectivity index (χ3v) is 10.3. The quantitative estimate of drug-likeness (QED) is 0.615. The van der Waals surface area contributed by atoms with Crippen LogP contribution in [0.5, 0.6) is 0 Å². The molecule has 8 heteroatoms. The molecule has 154 valence electrons. The van der Waals surface area contributed by atoms with E-state index in [1.807, 2.05) is 6.92 Å². The van der Waals surface area contributed by atoms with Crippen LogP contribution in [-0.4, -0.2) is 26.4 Å². The minimum atomic E-state index is -4.66. The van der Waals surface area contributed by atoms with Gasteiger partial charge in [0.1, 0.15) is 0 Å². The van der Waals surface area contributed by atoms with E-state index in [0.717, 1.165) is 12.1 Å². The lowest BCUT2D eigenvalue weighted by molar-refractivity contribution is -0.137. The van der Waals surface area contributed by atoms with Gasteiger partial charge in [-0.3, -0.25) is 4.79 Å². The van der Waals surface area contributed by atoms with Crippen molar-refractivity contribution in [2.45, 2.75) is 77.0 Å². The van der Waals surface area contributed by atoms with Crippen molar-refractivity contribution in [3.63, 3.8) is 0 Å². The number of alkyl halides is 3. The molecule has 28 heavy (non-hydrogen) atoms. The van der Waals surface area contributed by atoms with Gasteiger partial charge in [0, 0.05) is 5.69 Å². The number of halogens is 3. The number of benzene rings is 1. The first kappa shape index (κ1) is 22.4. The molecule has 1 aliphatic heterocycles. The minimum Gasteiger partial charge on any atom is -0.411 e. The van der Waals surface area contributed by atoms with Crippen LogP contribution in [0.4, 0.5) is 18.9 Å². The van der Waals surface area contributed by atoms with Crippen LogP contribution in [0, 0.1) is 11.3 Å². The molecule has 1 aromatic carbocycles. The van der Waals surface area contributed by atoms with Crippen molar-refractivity contribution in [3.8, 4) is 6.07 Å². The molecule has 0 N–H and O–H groups in total. The summed E-state index contributed by atoms with van der Waals surface area (Å²) in [5.74, 6) is -0.256. The fourth-order valence-electron chi connectivity index (χ4n) is 3.23. The zero-order chi connectivity index (χ0) is 21.5. The predicted octanol–water partition coefficient (Wildman–Crippen LogP) is 5.48. The van der Waals surface area contributed by atoms with Gasteiger partial charge >= 0.3 is 6.18 Å². The molecule has 2 unspecified atom stereocenters. The summed E-state index contributed by atoms with van der Waals surface area (Å²) in [5, 5.41) is 8.95. The van der Waals surface area contributed by atoms with E-state index in [2.05, 4.69) is 33.9 Å². The summed E-state index contributed by atoms with van der Waals surface area (Å²) >= 11 is 0. The summed E-state index contributed by atoms with van der Waals surface area (Å²) in [6.45, 7) is 12.4. The number of nitrogens with zero attached hydrogens (tertiary/aromatic N) is 2. The van der Waals surface area contributed by atoms with Crippen LogP contribution in [0.1, 0.15) is 51.7 Å². The number of rotatable bonds is 4. The lowest BCUT2D eigenvalue weighted by Crippen LogP contribution is -2.47. The maximum atomic E-state index is 13.3. The molecule has 0 saturated carbocycles. The van der Waals surface area contributed by atoms with Crippen LogP contribution < -0.4 is 4.90 Å². The van der Waals surface area contributed by atoms with Crippen LogP contribution in [0.3, 0.4) is 0 Å². The lowest BCUT2D eigenvalue weighted by atomic mass is 10.1. The maximum absolute atomic E-state index is 13.3. The smallest absolute Gasteiger partial charge is 0.411 e. The first-order chi connectivity index (χ1) is 12.7. The molecule has 4 nitrogen and oxygen atoms in total. The normalized spacial score (nSPS) is 21.1. The highest BCUT2D eigenvalue weighted by Gasteiger charge is 2.47. The second-order valence-electron chi connectivity index (χ2n) is 8.70. The molecule has 1 amide bonds. The van der Waals surface area contributed by atoms with E-state index in [0.29, 0.717) is 6.42 Å². The highest BCUT2D eigenvalue weighted by molar-refractivity contribution is 6.74. The molecule has 0 bridgehead atoms. The second-order valence-corrected chi connectivity index (χ2v) is 13.5. The second kappa shape index (κ2) is 7.52. The van der Waals surface area contributed by atoms with Crippen molar-refractivity contribution in [2.24, 2.45) is 0 Å². The van der Waals surface area contributed by atoms with Gasteiger partial charge in [-0.05, 0) is 42.8 Å². The van der Waals surface area contributed by atoms with Gasteiger partial charge in [-0.2, -0.15) is 18.4 Å². The lowest BCUT2D eigenvalue weighted by Gasteiger charge is -2.40.